The molecule has 1 rings (SSSR count). The van der Waals surface area contributed by atoms with Crippen LogP contribution >= 0.6 is 0 Å². The molecule has 0 spiro atoms. The predicted molar refractivity (Wildman–Crippen MR) is 70.7 cm³/mol. The van der Waals surface area contributed by atoms with Crippen molar-refractivity contribution in [3.05, 3.63) is 12.3 Å². The first-order valence-corrected chi connectivity index (χ1v) is 10.3. The average molecular weight is 244 g/mol. The Morgan fingerprint density at radius 2 is 2.13 bits per heavy atom. The summed E-state index contributed by atoms with van der Waals surface area (Å²) in [6, 6.07) is 0. The Balaban J connectivity index is 2.29. The molecule has 0 radical (unpaired) electrons. The normalized spacial score (nSPS) is 28.5. The van der Waals surface area contributed by atoms with Crippen LogP contribution in [0.5, 0.6) is 0 Å². The second-order valence-corrected chi connectivity index (χ2v) is 11.8. The van der Waals surface area contributed by atoms with Gasteiger partial charge in [0.05, 0.1) is 11.5 Å². The summed E-state index contributed by atoms with van der Waals surface area (Å²) in [5.74, 6) is 0. The maximum absolute atomic E-state index is 5.86. The molecule has 4 heteroatoms. The van der Waals surface area contributed by atoms with E-state index in [9.17, 15) is 0 Å². The molecule has 88 valence electrons. The largest absolute Gasteiger partial charge is 0.550 e. The Bertz CT molecular complexity index is 215. The third-order valence-electron chi connectivity index (χ3n) is 2.62. The SMILES string of the molecule is C[Si](C)(C)OC=CCC1([SiH3])CCCCO1. The molecule has 0 saturated carbocycles. The third kappa shape index (κ3) is 5.54. The molecule has 1 unspecified atom stereocenters. The standard InChI is InChI=1S/C11H24O2Si2/c1-15(2,3)13-10-6-8-11(14)7-4-5-9-12-11/h6,10H,4-5,7-9H2,1-3,14H3. The van der Waals surface area contributed by atoms with E-state index in [4.69, 9.17) is 9.16 Å². The Hall–Kier alpha value is -0.0662. The molecule has 0 aromatic heterocycles. The fourth-order valence-corrected chi connectivity index (χ4v) is 3.00. The van der Waals surface area contributed by atoms with Gasteiger partial charge >= 0.3 is 0 Å². The molecule has 0 bridgehead atoms. The van der Waals surface area contributed by atoms with Gasteiger partial charge in [0, 0.05) is 16.8 Å². The zero-order valence-corrected chi connectivity index (χ0v) is 13.5. The number of hydrogen-bond acceptors (Lipinski definition) is 2. The second kappa shape index (κ2) is 5.32. The van der Waals surface area contributed by atoms with Gasteiger partial charge in [0.25, 0.3) is 0 Å². The molecule has 1 atom stereocenters. The van der Waals surface area contributed by atoms with Gasteiger partial charge in [0.1, 0.15) is 0 Å². The van der Waals surface area contributed by atoms with E-state index in [-0.39, 0.29) is 5.22 Å². The van der Waals surface area contributed by atoms with Crippen LogP contribution in [-0.4, -0.2) is 30.4 Å². The van der Waals surface area contributed by atoms with E-state index >= 15 is 0 Å². The molecule has 0 aromatic rings. The molecule has 0 N–H and O–H groups in total. The van der Waals surface area contributed by atoms with E-state index in [0.717, 1.165) is 23.3 Å². The van der Waals surface area contributed by atoms with Crippen molar-refractivity contribution >= 4 is 18.6 Å². The van der Waals surface area contributed by atoms with Crippen molar-refractivity contribution in [3.63, 3.8) is 0 Å². The Morgan fingerprint density at radius 1 is 1.40 bits per heavy atom. The molecule has 0 aromatic carbocycles. The number of hydrogen-bond donors (Lipinski definition) is 0. The van der Waals surface area contributed by atoms with Gasteiger partial charge in [-0.05, 0) is 51.4 Å². The first-order chi connectivity index (χ1) is 6.91. The lowest BCUT2D eigenvalue weighted by atomic mass is 10.1. The Kier molecular flexibility index (Phi) is 4.61. The highest BCUT2D eigenvalue weighted by Gasteiger charge is 2.26. The van der Waals surface area contributed by atoms with Crippen LogP contribution in [0.2, 0.25) is 19.6 Å². The molecule has 1 saturated heterocycles. The van der Waals surface area contributed by atoms with Crippen molar-refractivity contribution in [3.8, 4) is 0 Å². The van der Waals surface area contributed by atoms with Crippen LogP contribution in [0.4, 0.5) is 0 Å². The lowest BCUT2D eigenvalue weighted by molar-refractivity contribution is -0.0153. The van der Waals surface area contributed by atoms with Gasteiger partial charge in [-0.25, -0.2) is 0 Å². The van der Waals surface area contributed by atoms with Crippen LogP contribution in [0.25, 0.3) is 0 Å². The van der Waals surface area contributed by atoms with Crippen LogP contribution in [-0.2, 0) is 9.16 Å². The van der Waals surface area contributed by atoms with E-state index in [1.54, 1.807) is 0 Å². The summed E-state index contributed by atoms with van der Waals surface area (Å²) >= 11 is 0. The van der Waals surface area contributed by atoms with Crippen molar-refractivity contribution in [2.45, 2.75) is 50.5 Å². The lowest BCUT2D eigenvalue weighted by Crippen LogP contribution is -2.36. The molecule has 1 aliphatic rings. The summed E-state index contributed by atoms with van der Waals surface area (Å²) < 4.78 is 11.5. The van der Waals surface area contributed by atoms with E-state index in [0.29, 0.717) is 0 Å². The Labute approximate surface area is 97.6 Å². The molecular formula is C11H24O2Si2. The highest BCUT2D eigenvalue weighted by Crippen LogP contribution is 2.25. The molecule has 2 nitrogen and oxygen atoms in total. The van der Waals surface area contributed by atoms with Gasteiger partial charge < -0.3 is 9.16 Å². The summed E-state index contributed by atoms with van der Waals surface area (Å²) in [6.45, 7) is 7.55. The van der Waals surface area contributed by atoms with Crippen LogP contribution in [0.15, 0.2) is 12.3 Å². The number of rotatable bonds is 4. The number of ether oxygens (including phenoxy) is 1. The summed E-state index contributed by atoms with van der Waals surface area (Å²) in [4.78, 5) is 0. The van der Waals surface area contributed by atoms with Gasteiger partial charge in [0.2, 0.25) is 8.32 Å². The molecule has 1 fully saturated rings. The first-order valence-electron chi connectivity index (χ1n) is 5.88. The Morgan fingerprint density at radius 3 is 2.67 bits per heavy atom. The monoisotopic (exact) mass is 244 g/mol. The fraction of sp³-hybridized carbons (Fsp3) is 0.818. The smallest absolute Gasteiger partial charge is 0.241 e. The van der Waals surface area contributed by atoms with Crippen molar-refractivity contribution in [1.82, 2.24) is 0 Å². The average Bonchev–Trinajstić information content (AvgIpc) is 2.12. The molecular weight excluding hydrogens is 220 g/mol. The topological polar surface area (TPSA) is 18.5 Å². The molecule has 15 heavy (non-hydrogen) atoms. The van der Waals surface area contributed by atoms with Crippen molar-refractivity contribution in [2.75, 3.05) is 6.61 Å². The highest BCUT2D eigenvalue weighted by atomic mass is 28.4. The van der Waals surface area contributed by atoms with E-state index in [2.05, 4.69) is 25.7 Å². The van der Waals surface area contributed by atoms with E-state index < -0.39 is 8.32 Å². The van der Waals surface area contributed by atoms with Crippen molar-refractivity contribution in [2.24, 2.45) is 0 Å². The zero-order valence-electron chi connectivity index (χ0n) is 10.5. The van der Waals surface area contributed by atoms with Crippen LogP contribution in [0.3, 0.4) is 0 Å². The van der Waals surface area contributed by atoms with E-state index in [1.165, 1.54) is 19.3 Å². The zero-order chi connectivity index (χ0) is 11.4. The molecule has 0 aliphatic carbocycles. The van der Waals surface area contributed by atoms with Crippen LogP contribution in [0.1, 0.15) is 25.7 Å². The van der Waals surface area contributed by atoms with Gasteiger partial charge in [-0.1, -0.05) is 0 Å². The summed E-state index contributed by atoms with van der Waals surface area (Å²) in [5, 5.41) is 0.192. The van der Waals surface area contributed by atoms with E-state index in [1.807, 2.05) is 6.26 Å². The molecule has 1 aliphatic heterocycles. The summed E-state index contributed by atoms with van der Waals surface area (Å²) in [5.41, 5.74) is 0. The summed E-state index contributed by atoms with van der Waals surface area (Å²) in [7, 11) is -0.266. The van der Waals surface area contributed by atoms with Crippen molar-refractivity contribution < 1.29 is 9.16 Å². The highest BCUT2D eigenvalue weighted by molar-refractivity contribution is 6.69. The van der Waals surface area contributed by atoms with Crippen LogP contribution < -0.4 is 0 Å². The van der Waals surface area contributed by atoms with Gasteiger partial charge in [-0.2, -0.15) is 0 Å². The quantitative estimate of drug-likeness (QED) is 0.556. The first kappa shape index (κ1) is 13.0. The maximum atomic E-state index is 5.86. The maximum Gasteiger partial charge on any atom is 0.241 e. The predicted octanol–water partition coefficient (Wildman–Crippen LogP) is 2.00. The minimum atomic E-state index is -1.38. The second-order valence-electron chi connectivity index (χ2n) is 5.56. The molecule has 0 amide bonds. The van der Waals surface area contributed by atoms with Gasteiger partial charge in [0.15, 0.2) is 0 Å². The fourth-order valence-electron chi connectivity index (χ4n) is 1.70. The van der Waals surface area contributed by atoms with Crippen molar-refractivity contribution in [1.29, 1.82) is 0 Å². The minimum absolute atomic E-state index is 0.192. The minimum Gasteiger partial charge on any atom is -0.550 e. The van der Waals surface area contributed by atoms with Crippen LogP contribution in [0, 0.1) is 0 Å². The third-order valence-corrected chi connectivity index (χ3v) is 4.66. The van der Waals surface area contributed by atoms with Gasteiger partial charge in [-0.15, -0.1) is 0 Å². The molecule has 1 heterocycles. The summed E-state index contributed by atoms with van der Waals surface area (Å²) in [6.07, 6.45) is 8.87. The van der Waals surface area contributed by atoms with Gasteiger partial charge in [-0.3, -0.25) is 0 Å². The lowest BCUT2D eigenvalue weighted by Gasteiger charge is -2.33.